The van der Waals surface area contributed by atoms with E-state index < -0.39 is 0 Å². The summed E-state index contributed by atoms with van der Waals surface area (Å²) in [6, 6.07) is 9.58. The molecule has 0 spiro atoms. The summed E-state index contributed by atoms with van der Waals surface area (Å²) >= 11 is 0. The number of ketones is 1. The largest absolute Gasteiger partial charge is 0.479 e. The Morgan fingerprint density at radius 2 is 1.83 bits per heavy atom. The Bertz CT molecular complexity index is 541. The molecule has 0 aliphatic carbocycles. The molecule has 18 heavy (non-hydrogen) atoms. The second kappa shape index (κ2) is 5.40. The number of rotatable bonds is 4. The first-order valence-electron chi connectivity index (χ1n) is 5.68. The van der Waals surface area contributed by atoms with Crippen LogP contribution in [-0.2, 0) is 0 Å². The first-order valence-corrected chi connectivity index (χ1v) is 5.68. The van der Waals surface area contributed by atoms with Gasteiger partial charge in [-0.2, -0.15) is 0 Å². The second-order valence-electron chi connectivity index (χ2n) is 3.91. The van der Waals surface area contributed by atoms with E-state index in [1.165, 1.54) is 19.5 Å². The molecule has 0 saturated carbocycles. The number of carbonyl (C=O) groups is 1. The first kappa shape index (κ1) is 12.2. The lowest BCUT2D eigenvalue weighted by molar-refractivity contribution is 0.0957. The van der Waals surface area contributed by atoms with Crippen LogP contribution in [0.1, 0.15) is 28.9 Å². The Balaban J connectivity index is 2.32. The molecule has 0 aliphatic rings. The van der Waals surface area contributed by atoms with Crippen LogP contribution in [0.5, 0.6) is 5.88 Å². The van der Waals surface area contributed by atoms with E-state index >= 15 is 0 Å². The summed E-state index contributed by atoms with van der Waals surface area (Å²) in [5.74, 6) is -0.0896. The molecule has 0 saturated heterocycles. The maximum absolute atomic E-state index is 12.3. The van der Waals surface area contributed by atoms with Gasteiger partial charge in [-0.15, -0.1) is 0 Å². The van der Waals surface area contributed by atoms with Crippen molar-refractivity contribution in [2.75, 3.05) is 7.11 Å². The smallest absolute Gasteiger partial charge is 0.243 e. The molecular formula is C14H14N2O2. The Morgan fingerprint density at radius 1 is 1.17 bits per heavy atom. The van der Waals surface area contributed by atoms with Crippen molar-refractivity contribution in [3.63, 3.8) is 0 Å². The number of ether oxygens (including phenoxy) is 1. The van der Waals surface area contributed by atoms with Crippen molar-refractivity contribution in [3.8, 4) is 5.88 Å². The van der Waals surface area contributed by atoms with Crippen LogP contribution in [0.3, 0.4) is 0 Å². The molecule has 2 aromatic rings. The average Bonchev–Trinajstić information content (AvgIpc) is 2.46. The Kier molecular flexibility index (Phi) is 3.67. The molecule has 2 rings (SSSR count). The van der Waals surface area contributed by atoms with E-state index in [0.717, 1.165) is 5.56 Å². The van der Waals surface area contributed by atoms with E-state index in [1.54, 1.807) is 0 Å². The fourth-order valence-corrected chi connectivity index (χ4v) is 1.74. The van der Waals surface area contributed by atoms with Crippen molar-refractivity contribution in [3.05, 3.63) is 54.0 Å². The minimum absolute atomic E-state index is 0.0915. The Hall–Kier alpha value is -2.23. The van der Waals surface area contributed by atoms with Gasteiger partial charge >= 0.3 is 0 Å². The monoisotopic (exact) mass is 242 g/mol. The lowest BCUT2D eigenvalue weighted by atomic mass is 9.95. The van der Waals surface area contributed by atoms with Crippen molar-refractivity contribution in [2.24, 2.45) is 0 Å². The molecule has 0 radical (unpaired) electrons. The van der Waals surface area contributed by atoms with Crippen molar-refractivity contribution >= 4 is 5.78 Å². The number of benzene rings is 1. The van der Waals surface area contributed by atoms with Crippen molar-refractivity contribution in [2.45, 2.75) is 12.8 Å². The molecule has 0 bridgehead atoms. The van der Waals surface area contributed by atoms with Gasteiger partial charge in [-0.05, 0) is 5.56 Å². The van der Waals surface area contributed by atoms with Crippen LogP contribution >= 0.6 is 0 Å². The minimum atomic E-state index is -0.267. The van der Waals surface area contributed by atoms with Gasteiger partial charge in [0.2, 0.25) is 5.88 Å². The van der Waals surface area contributed by atoms with Gasteiger partial charge in [0.15, 0.2) is 11.5 Å². The third-order valence-electron chi connectivity index (χ3n) is 2.78. The maximum atomic E-state index is 12.3. The third kappa shape index (κ3) is 2.37. The summed E-state index contributed by atoms with van der Waals surface area (Å²) in [7, 11) is 1.48. The SMILES string of the molecule is COc1nccnc1C(=O)C(C)c1ccccc1. The van der Waals surface area contributed by atoms with E-state index in [0.29, 0.717) is 0 Å². The number of carbonyl (C=O) groups excluding carboxylic acids is 1. The maximum Gasteiger partial charge on any atom is 0.243 e. The Labute approximate surface area is 106 Å². The van der Waals surface area contributed by atoms with Crippen LogP contribution in [-0.4, -0.2) is 22.9 Å². The predicted molar refractivity (Wildman–Crippen MR) is 67.8 cm³/mol. The summed E-state index contributed by atoms with van der Waals surface area (Å²) in [6.45, 7) is 1.85. The molecular weight excluding hydrogens is 228 g/mol. The predicted octanol–water partition coefficient (Wildman–Crippen LogP) is 2.47. The number of aromatic nitrogens is 2. The molecule has 1 atom stereocenters. The highest BCUT2D eigenvalue weighted by Gasteiger charge is 2.22. The zero-order valence-corrected chi connectivity index (χ0v) is 10.3. The number of nitrogens with zero attached hydrogens (tertiary/aromatic N) is 2. The molecule has 0 aliphatic heterocycles. The van der Waals surface area contributed by atoms with Crippen molar-refractivity contribution < 1.29 is 9.53 Å². The molecule has 0 fully saturated rings. The summed E-state index contributed by atoms with van der Waals surface area (Å²) in [6.07, 6.45) is 3.00. The van der Waals surface area contributed by atoms with Gasteiger partial charge in [0.1, 0.15) is 0 Å². The molecule has 1 unspecified atom stereocenters. The molecule has 0 amide bonds. The number of Topliss-reactive ketones (excluding diaryl/α,β-unsaturated/α-hetero) is 1. The number of hydrogen-bond acceptors (Lipinski definition) is 4. The van der Waals surface area contributed by atoms with Crippen LogP contribution in [0.15, 0.2) is 42.7 Å². The number of hydrogen-bond donors (Lipinski definition) is 0. The highest BCUT2D eigenvalue weighted by Crippen LogP contribution is 2.22. The van der Waals surface area contributed by atoms with E-state index in [9.17, 15) is 4.79 Å². The first-order chi connectivity index (χ1) is 8.74. The van der Waals surface area contributed by atoms with E-state index in [1.807, 2.05) is 37.3 Å². The van der Waals surface area contributed by atoms with Crippen LogP contribution < -0.4 is 4.74 Å². The van der Waals surface area contributed by atoms with Crippen LogP contribution in [0.2, 0.25) is 0 Å². The lowest BCUT2D eigenvalue weighted by Crippen LogP contribution is -2.13. The van der Waals surface area contributed by atoms with Gasteiger partial charge < -0.3 is 4.74 Å². The Morgan fingerprint density at radius 3 is 2.50 bits per heavy atom. The molecule has 4 heteroatoms. The highest BCUT2D eigenvalue weighted by molar-refractivity contribution is 6.00. The molecule has 0 N–H and O–H groups in total. The summed E-state index contributed by atoms with van der Waals surface area (Å²) in [5.41, 5.74) is 1.23. The fraction of sp³-hybridized carbons (Fsp3) is 0.214. The quantitative estimate of drug-likeness (QED) is 0.773. The van der Waals surface area contributed by atoms with E-state index in [2.05, 4.69) is 9.97 Å². The van der Waals surface area contributed by atoms with E-state index in [-0.39, 0.29) is 23.3 Å². The minimum Gasteiger partial charge on any atom is -0.479 e. The van der Waals surface area contributed by atoms with Gasteiger partial charge in [-0.25, -0.2) is 9.97 Å². The molecule has 4 nitrogen and oxygen atoms in total. The number of methoxy groups -OCH3 is 1. The summed E-state index contributed by atoms with van der Waals surface area (Å²) in [5, 5.41) is 0. The highest BCUT2D eigenvalue weighted by atomic mass is 16.5. The molecule has 1 aromatic heterocycles. The van der Waals surface area contributed by atoms with Gasteiger partial charge in [-0.3, -0.25) is 4.79 Å². The van der Waals surface area contributed by atoms with E-state index in [4.69, 9.17) is 4.74 Å². The fourth-order valence-electron chi connectivity index (χ4n) is 1.74. The van der Waals surface area contributed by atoms with Crippen molar-refractivity contribution in [1.82, 2.24) is 9.97 Å². The van der Waals surface area contributed by atoms with Crippen LogP contribution in [0.4, 0.5) is 0 Å². The standard InChI is InChI=1S/C14H14N2O2/c1-10(11-6-4-3-5-7-11)13(17)12-14(18-2)16-9-8-15-12/h3-10H,1-2H3. The average molecular weight is 242 g/mol. The molecule has 1 aromatic carbocycles. The van der Waals surface area contributed by atoms with Crippen molar-refractivity contribution in [1.29, 1.82) is 0 Å². The lowest BCUT2D eigenvalue weighted by Gasteiger charge is -2.11. The van der Waals surface area contributed by atoms with Gasteiger partial charge in [0.05, 0.1) is 7.11 Å². The normalized spacial score (nSPS) is 11.9. The van der Waals surface area contributed by atoms with Crippen LogP contribution in [0.25, 0.3) is 0 Å². The van der Waals surface area contributed by atoms with Gasteiger partial charge in [0, 0.05) is 18.3 Å². The summed E-state index contributed by atoms with van der Waals surface area (Å²) in [4.78, 5) is 20.4. The zero-order valence-electron chi connectivity index (χ0n) is 10.3. The van der Waals surface area contributed by atoms with Crippen LogP contribution in [0, 0.1) is 0 Å². The van der Waals surface area contributed by atoms with Gasteiger partial charge in [-0.1, -0.05) is 37.3 Å². The second-order valence-corrected chi connectivity index (χ2v) is 3.91. The topological polar surface area (TPSA) is 52.1 Å². The molecule has 1 heterocycles. The van der Waals surface area contributed by atoms with Gasteiger partial charge in [0.25, 0.3) is 0 Å². The third-order valence-corrected chi connectivity index (χ3v) is 2.78. The zero-order chi connectivity index (χ0) is 13.0. The summed E-state index contributed by atoms with van der Waals surface area (Å²) < 4.78 is 5.06. The molecule has 92 valence electrons.